The van der Waals surface area contributed by atoms with Gasteiger partial charge in [0.15, 0.2) is 0 Å². The van der Waals surface area contributed by atoms with Crippen molar-refractivity contribution in [2.45, 2.75) is 6.92 Å². The van der Waals surface area contributed by atoms with Crippen LogP contribution in [0.4, 0.5) is 10.5 Å². The van der Waals surface area contributed by atoms with E-state index < -0.39 is 6.09 Å². The second-order valence-electron chi connectivity index (χ2n) is 4.47. The molecule has 0 aliphatic rings. The van der Waals surface area contributed by atoms with Crippen LogP contribution in [0.25, 0.3) is 0 Å². The summed E-state index contributed by atoms with van der Waals surface area (Å²) in [5.74, 6) is 0.111. The molecule has 0 saturated heterocycles. The smallest absolute Gasteiger partial charge is 0.409 e. The van der Waals surface area contributed by atoms with Gasteiger partial charge >= 0.3 is 6.09 Å². The van der Waals surface area contributed by atoms with Gasteiger partial charge in [0.1, 0.15) is 5.75 Å². The molecule has 2 aromatic carbocycles. The number of hydrogen-bond donors (Lipinski definition) is 2. The first kappa shape index (κ1) is 15.4. The van der Waals surface area contributed by atoms with Crippen LogP contribution in [-0.2, 0) is 0 Å². The first-order valence-electron chi connectivity index (χ1n) is 6.81. The third-order valence-electron chi connectivity index (χ3n) is 2.92. The molecule has 0 heterocycles. The minimum atomic E-state index is -0.889. The summed E-state index contributed by atoms with van der Waals surface area (Å²) in [6.45, 7) is 2.37. The minimum absolute atomic E-state index is 0.183. The number of rotatable bonds is 5. The summed E-state index contributed by atoms with van der Waals surface area (Å²) < 4.78 is 4.73. The Labute approximate surface area is 128 Å². The fourth-order valence-corrected chi connectivity index (χ4v) is 1.88. The van der Waals surface area contributed by atoms with Crippen LogP contribution >= 0.6 is 0 Å². The van der Waals surface area contributed by atoms with E-state index in [1.54, 1.807) is 12.1 Å². The monoisotopic (exact) mass is 299 g/mol. The number of para-hydroxylation sites is 1. The third-order valence-corrected chi connectivity index (χ3v) is 2.92. The number of carbonyl (C=O) groups is 2. The summed E-state index contributed by atoms with van der Waals surface area (Å²) in [6, 6.07) is 15.6. The molecule has 3 N–H and O–H groups in total. The van der Waals surface area contributed by atoms with Crippen LogP contribution in [0.2, 0.25) is 0 Å². The number of carbonyl (C=O) groups excluding carboxylic acids is 2. The van der Waals surface area contributed by atoms with Crippen molar-refractivity contribution in [3.8, 4) is 5.75 Å². The molecule has 22 heavy (non-hydrogen) atoms. The Morgan fingerprint density at radius 1 is 1.09 bits per heavy atom. The van der Waals surface area contributed by atoms with Crippen LogP contribution in [0.1, 0.15) is 17.3 Å². The van der Waals surface area contributed by atoms with Gasteiger partial charge in [-0.3, -0.25) is 15.2 Å². The predicted molar refractivity (Wildman–Crippen MR) is 83.4 cm³/mol. The molecule has 2 rings (SSSR count). The summed E-state index contributed by atoms with van der Waals surface area (Å²) in [5.41, 5.74) is 9.28. The number of amides is 2. The van der Waals surface area contributed by atoms with Gasteiger partial charge in [-0.2, -0.15) is 0 Å². The molecule has 0 aromatic heterocycles. The molecular weight excluding hydrogens is 282 g/mol. The molecule has 2 aromatic rings. The van der Waals surface area contributed by atoms with Gasteiger partial charge < -0.3 is 10.5 Å². The number of nitrogens with two attached hydrogens (primary N) is 1. The average molecular weight is 299 g/mol. The number of nitrogens with zero attached hydrogens (tertiary/aromatic N) is 1. The Kier molecular flexibility index (Phi) is 4.98. The highest BCUT2D eigenvalue weighted by Gasteiger charge is 2.14. The summed E-state index contributed by atoms with van der Waals surface area (Å²) >= 11 is 0. The highest BCUT2D eigenvalue weighted by Crippen LogP contribution is 2.15. The third kappa shape index (κ3) is 3.99. The van der Waals surface area contributed by atoms with Crippen LogP contribution < -0.4 is 15.9 Å². The molecule has 6 heteroatoms. The van der Waals surface area contributed by atoms with Crippen LogP contribution in [0.5, 0.6) is 5.75 Å². The Bertz CT molecular complexity index is 641. The molecular formula is C16H17N3O3. The first-order valence-corrected chi connectivity index (χ1v) is 6.81. The van der Waals surface area contributed by atoms with E-state index in [-0.39, 0.29) is 5.91 Å². The van der Waals surface area contributed by atoms with E-state index in [1.807, 2.05) is 37.3 Å². The molecule has 0 radical (unpaired) electrons. The number of hydrogen-bond acceptors (Lipinski definition) is 4. The quantitative estimate of drug-likeness (QED) is 0.831. The first-order chi connectivity index (χ1) is 10.6. The van der Waals surface area contributed by atoms with Gasteiger partial charge in [0.05, 0.1) is 5.69 Å². The van der Waals surface area contributed by atoms with Crippen molar-refractivity contribution >= 4 is 17.7 Å². The van der Waals surface area contributed by atoms with Crippen molar-refractivity contribution < 1.29 is 14.3 Å². The summed E-state index contributed by atoms with van der Waals surface area (Å²) in [6.07, 6.45) is -0.889. The van der Waals surface area contributed by atoms with Crippen molar-refractivity contribution in [2.24, 2.45) is 5.73 Å². The van der Waals surface area contributed by atoms with Gasteiger partial charge in [0.2, 0.25) is 0 Å². The Morgan fingerprint density at radius 3 is 2.27 bits per heavy atom. The van der Waals surface area contributed by atoms with Gasteiger partial charge in [-0.1, -0.05) is 18.2 Å². The van der Waals surface area contributed by atoms with Crippen LogP contribution in [-0.4, -0.2) is 23.6 Å². The number of anilines is 1. The molecule has 0 fully saturated rings. The zero-order valence-electron chi connectivity index (χ0n) is 12.2. The van der Waals surface area contributed by atoms with Crippen molar-refractivity contribution in [3.63, 3.8) is 0 Å². The predicted octanol–water partition coefficient (Wildman–Crippen LogP) is 2.63. The zero-order valence-corrected chi connectivity index (χ0v) is 12.2. The Morgan fingerprint density at radius 2 is 1.73 bits per heavy atom. The highest BCUT2D eigenvalue weighted by atomic mass is 16.5. The number of ether oxygens (including phenoxy) is 1. The largest absolute Gasteiger partial charge is 0.411 e. The average Bonchev–Trinajstić information content (AvgIpc) is 2.53. The Balaban J connectivity index is 2.09. The zero-order chi connectivity index (χ0) is 15.9. The molecule has 0 bridgehead atoms. The van der Waals surface area contributed by atoms with Crippen LogP contribution in [0, 0.1) is 0 Å². The number of hydrazine groups is 1. The Hall–Kier alpha value is -3.02. The maximum atomic E-state index is 12.4. The van der Waals surface area contributed by atoms with Crippen molar-refractivity contribution in [2.75, 3.05) is 12.0 Å². The van der Waals surface area contributed by atoms with E-state index in [9.17, 15) is 9.59 Å². The maximum absolute atomic E-state index is 12.4. The summed E-state index contributed by atoms with van der Waals surface area (Å²) in [5, 5.41) is 1.50. The maximum Gasteiger partial charge on any atom is 0.409 e. The molecule has 0 aliphatic heterocycles. The van der Waals surface area contributed by atoms with Crippen molar-refractivity contribution in [3.05, 3.63) is 60.2 Å². The second-order valence-corrected chi connectivity index (χ2v) is 4.47. The van der Waals surface area contributed by atoms with E-state index in [1.165, 1.54) is 17.1 Å². The molecule has 0 unspecified atom stereocenters. The lowest BCUT2D eigenvalue weighted by molar-refractivity contribution is 0.0800. The second kappa shape index (κ2) is 7.12. The van der Waals surface area contributed by atoms with E-state index in [0.717, 1.165) is 5.69 Å². The van der Waals surface area contributed by atoms with Crippen LogP contribution in [0.15, 0.2) is 54.6 Å². The molecule has 0 aliphatic carbocycles. The molecule has 6 nitrogen and oxygen atoms in total. The van der Waals surface area contributed by atoms with Gasteiger partial charge in [-0.05, 0) is 43.3 Å². The lowest BCUT2D eigenvalue weighted by Crippen LogP contribution is -2.36. The fourth-order valence-electron chi connectivity index (χ4n) is 1.88. The minimum Gasteiger partial charge on any atom is -0.411 e. The van der Waals surface area contributed by atoms with E-state index >= 15 is 0 Å². The normalized spacial score (nSPS) is 9.86. The lowest BCUT2D eigenvalue weighted by Gasteiger charge is -2.23. The summed E-state index contributed by atoms with van der Waals surface area (Å²) in [7, 11) is 0. The van der Waals surface area contributed by atoms with Gasteiger partial charge in [0, 0.05) is 12.1 Å². The molecule has 0 spiro atoms. The number of primary amides is 1. The highest BCUT2D eigenvalue weighted by molar-refractivity contribution is 5.95. The van der Waals surface area contributed by atoms with Crippen LogP contribution in [0.3, 0.4) is 0 Å². The van der Waals surface area contributed by atoms with E-state index in [0.29, 0.717) is 17.9 Å². The summed E-state index contributed by atoms with van der Waals surface area (Å²) in [4.78, 5) is 23.1. The molecule has 114 valence electrons. The SMILES string of the molecule is CCN(Nc1ccccc1)C(=O)c1ccc(OC(N)=O)cc1. The topological polar surface area (TPSA) is 84.7 Å². The molecule has 0 atom stereocenters. The molecule has 2 amide bonds. The van der Waals surface area contributed by atoms with Gasteiger partial charge in [-0.15, -0.1) is 0 Å². The fraction of sp³-hybridized carbons (Fsp3) is 0.125. The van der Waals surface area contributed by atoms with Gasteiger partial charge in [0.25, 0.3) is 5.91 Å². The van der Waals surface area contributed by atoms with Gasteiger partial charge in [-0.25, -0.2) is 4.79 Å². The van der Waals surface area contributed by atoms with E-state index in [4.69, 9.17) is 10.5 Å². The lowest BCUT2D eigenvalue weighted by atomic mass is 10.2. The number of nitrogens with one attached hydrogen (secondary N) is 1. The van der Waals surface area contributed by atoms with E-state index in [2.05, 4.69) is 5.43 Å². The number of benzene rings is 2. The van der Waals surface area contributed by atoms with Crippen molar-refractivity contribution in [1.29, 1.82) is 0 Å². The standard InChI is InChI=1S/C16H17N3O3/c1-2-19(18-13-6-4-3-5-7-13)15(20)12-8-10-14(11-9-12)22-16(17)21/h3-11,18H,2H2,1H3,(H2,17,21). The van der Waals surface area contributed by atoms with Crippen molar-refractivity contribution in [1.82, 2.24) is 5.01 Å². The molecule has 0 saturated carbocycles.